The van der Waals surface area contributed by atoms with E-state index in [2.05, 4.69) is 5.32 Å². The first-order valence-corrected chi connectivity index (χ1v) is 12.8. The third-order valence-corrected chi connectivity index (χ3v) is 7.29. The normalized spacial score (nSPS) is 16.2. The molecule has 3 aromatic rings. The zero-order valence-electron chi connectivity index (χ0n) is 19.2. The Morgan fingerprint density at radius 2 is 1.91 bits per heavy atom. The predicted molar refractivity (Wildman–Crippen MR) is 126 cm³/mol. The Morgan fingerprint density at radius 1 is 1.21 bits per heavy atom. The van der Waals surface area contributed by atoms with Crippen LogP contribution in [-0.2, 0) is 21.6 Å². The van der Waals surface area contributed by atoms with E-state index < -0.39 is 15.7 Å². The first-order chi connectivity index (χ1) is 15.6. The number of aromatic nitrogens is 2. The molecule has 1 atom stereocenters. The number of fused-ring (bicyclic) bond motifs is 1. The Labute approximate surface area is 192 Å². The highest BCUT2D eigenvalue weighted by Gasteiger charge is 2.24. The molecular weight excluding hydrogens is 445 g/mol. The molecule has 0 unspecified atom stereocenters. The quantitative estimate of drug-likeness (QED) is 0.605. The number of nitrogens with one attached hydrogen (secondary N) is 1. The number of benzene rings is 2. The van der Waals surface area contributed by atoms with E-state index in [9.17, 15) is 17.6 Å². The molecule has 2 heterocycles. The second kappa shape index (κ2) is 8.87. The SMILES string of the molecule is Cc1cc([C@@H](C)Nc2ccc(F)cc2S(C)(=O)=O)c2nc(C3CCOCC3)n(C)c(=O)c2c1. The van der Waals surface area contributed by atoms with Crippen molar-refractivity contribution in [1.29, 1.82) is 0 Å². The van der Waals surface area contributed by atoms with Crippen LogP contribution in [-0.4, -0.2) is 37.4 Å². The summed E-state index contributed by atoms with van der Waals surface area (Å²) in [6.07, 6.45) is 2.65. The number of ether oxygens (including phenoxy) is 1. The molecule has 1 N–H and O–H groups in total. The molecule has 0 radical (unpaired) electrons. The molecule has 0 saturated carbocycles. The largest absolute Gasteiger partial charge is 0.381 e. The van der Waals surface area contributed by atoms with Crippen molar-refractivity contribution in [3.05, 3.63) is 63.5 Å². The minimum atomic E-state index is -3.65. The average molecular weight is 474 g/mol. The van der Waals surface area contributed by atoms with Crippen LogP contribution in [0, 0.1) is 12.7 Å². The van der Waals surface area contributed by atoms with Crippen LogP contribution < -0.4 is 10.9 Å². The maximum Gasteiger partial charge on any atom is 0.261 e. The summed E-state index contributed by atoms with van der Waals surface area (Å²) < 4.78 is 45.3. The van der Waals surface area contributed by atoms with Gasteiger partial charge in [-0.3, -0.25) is 9.36 Å². The summed E-state index contributed by atoms with van der Waals surface area (Å²) in [5.41, 5.74) is 2.45. The standard InChI is InChI=1S/C24H28FN3O4S/c1-14-11-18(15(2)26-20-6-5-17(25)13-21(20)33(4,30)31)22-19(12-14)24(29)28(3)23(27-22)16-7-9-32-10-8-16/h5-6,11-13,15-16,26H,7-10H2,1-4H3/t15-/m1/s1. The molecule has 4 rings (SSSR count). The molecule has 2 aromatic carbocycles. The number of aryl methyl sites for hydroxylation is 1. The van der Waals surface area contributed by atoms with E-state index in [-0.39, 0.29) is 22.4 Å². The van der Waals surface area contributed by atoms with Crippen molar-refractivity contribution in [2.24, 2.45) is 7.05 Å². The topological polar surface area (TPSA) is 90.3 Å². The summed E-state index contributed by atoms with van der Waals surface area (Å²) in [5.74, 6) is 0.236. The van der Waals surface area contributed by atoms with Crippen LogP contribution in [0.1, 0.15) is 48.7 Å². The molecule has 1 fully saturated rings. The monoisotopic (exact) mass is 473 g/mol. The maximum absolute atomic E-state index is 13.8. The summed E-state index contributed by atoms with van der Waals surface area (Å²) >= 11 is 0. The van der Waals surface area contributed by atoms with Gasteiger partial charge in [-0.15, -0.1) is 0 Å². The van der Waals surface area contributed by atoms with E-state index in [4.69, 9.17) is 9.72 Å². The Hall–Kier alpha value is -2.78. The zero-order valence-corrected chi connectivity index (χ0v) is 20.0. The fraction of sp³-hybridized carbons (Fsp3) is 0.417. The van der Waals surface area contributed by atoms with Crippen LogP contribution in [0.5, 0.6) is 0 Å². The highest BCUT2D eigenvalue weighted by Crippen LogP contribution is 2.31. The lowest BCUT2D eigenvalue weighted by molar-refractivity contribution is 0.0828. The number of sulfone groups is 1. The number of hydrogen-bond acceptors (Lipinski definition) is 6. The summed E-state index contributed by atoms with van der Waals surface area (Å²) in [5, 5.41) is 3.71. The van der Waals surface area contributed by atoms with Crippen molar-refractivity contribution in [1.82, 2.24) is 9.55 Å². The minimum absolute atomic E-state index is 0.113. The minimum Gasteiger partial charge on any atom is -0.381 e. The lowest BCUT2D eigenvalue weighted by atomic mass is 9.97. The van der Waals surface area contributed by atoms with Gasteiger partial charge < -0.3 is 10.1 Å². The van der Waals surface area contributed by atoms with Gasteiger partial charge in [-0.2, -0.15) is 0 Å². The second-order valence-corrected chi connectivity index (χ2v) is 10.7. The number of halogens is 1. The van der Waals surface area contributed by atoms with Gasteiger partial charge in [-0.05, 0) is 56.5 Å². The molecule has 0 amide bonds. The van der Waals surface area contributed by atoms with Gasteiger partial charge in [0.05, 0.1) is 27.5 Å². The van der Waals surface area contributed by atoms with Crippen LogP contribution >= 0.6 is 0 Å². The molecule has 33 heavy (non-hydrogen) atoms. The van der Waals surface area contributed by atoms with E-state index in [0.29, 0.717) is 29.8 Å². The fourth-order valence-electron chi connectivity index (χ4n) is 4.45. The summed E-state index contributed by atoms with van der Waals surface area (Å²) in [7, 11) is -1.90. The number of nitrogens with zero attached hydrogens (tertiary/aromatic N) is 2. The predicted octanol–water partition coefficient (Wildman–Crippen LogP) is 3.85. The lowest BCUT2D eigenvalue weighted by Gasteiger charge is -2.25. The zero-order chi connectivity index (χ0) is 23.9. The molecule has 1 saturated heterocycles. The van der Waals surface area contributed by atoms with Gasteiger partial charge in [0.15, 0.2) is 9.84 Å². The van der Waals surface area contributed by atoms with Gasteiger partial charge in [0.2, 0.25) is 0 Å². The van der Waals surface area contributed by atoms with Crippen molar-refractivity contribution in [2.75, 3.05) is 24.8 Å². The van der Waals surface area contributed by atoms with E-state index in [1.165, 1.54) is 12.1 Å². The van der Waals surface area contributed by atoms with Gasteiger partial charge in [-0.1, -0.05) is 6.07 Å². The van der Waals surface area contributed by atoms with Crippen molar-refractivity contribution in [2.45, 2.75) is 43.5 Å². The second-order valence-electron chi connectivity index (χ2n) is 8.75. The Bertz CT molecular complexity index is 1380. The van der Waals surface area contributed by atoms with Gasteiger partial charge in [-0.25, -0.2) is 17.8 Å². The first kappa shape index (κ1) is 23.4. The van der Waals surface area contributed by atoms with Crippen molar-refractivity contribution in [3.63, 3.8) is 0 Å². The fourth-order valence-corrected chi connectivity index (χ4v) is 5.31. The number of anilines is 1. The number of rotatable bonds is 5. The van der Waals surface area contributed by atoms with E-state index in [1.54, 1.807) is 11.6 Å². The van der Waals surface area contributed by atoms with Gasteiger partial charge in [0.1, 0.15) is 11.6 Å². The van der Waals surface area contributed by atoms with Crippen molar-refractivity contribution in [3.8, 4) is 0 Å². The van der Waals surface area contributed by atoms with E-state index in [1.807, 2.05) is 26.0 Å². The molecule has 1 aliphatic rings. The van der Waals surface area contributed by atoms with Gasteiger partial charge in [0, 0.05) is 38.0 Å². The lowest BCUT2D eigenvalue weighted by Crippen LogP contribution is -2.27. The number of hydrogen-bond donors (Lipinski definition) is 1. The van der Waals surface area contributed by atoms with Gasteiger partial charge in [0.25, 0.3) is 5.56 Å². The Morgan fingerprint density at radius 3 is 2.58 bits per heavy atom. The summed E-state index contributed by atoms with van der Waals surface area (Å²) in [4.78, 5) is 18.1. The third kappa shape index (κ3) is 4.65. The highest BCUT2D eigenvalue weighted by atomic mass is 32.2. The van der Waals surface area contributed by atoms with Crippen LogP contribution in [0.25, 0.3) is 10.9 Å². The molecule has 1 aliphatic heterocycles. The molecule has 0 spiro atoms. The van der Waals surface area contributed by atoms with Crippen LogP contribution in [0.15, 0.2) is 40.0 Å². The van der Waals surface area contributed by atoms with Gasteiger partial charge >= 0.3 is 0 Å². The molecule has 9 heteroatoms. The van der Waals surface area contributed by atoms with Crippen LogP contribution in [0.2, 0.25) is 0 Å². The smallest absolute Gasteiger partial charge is 0.261 e. The molecule has 0 bridgehead atoms. The highest BCUT2D eigenvalue weighted by molar-refractivity contribution is 7.90. The van der Waals surface area contributed by atoms with E-state index >= 15 is 0 Å². The summed E-state index contributed by atoms with van der Waals surface area (Å²) in [6.45, 7) is 5.05. The first-order valence-electron chi connectivity index (χ1n) is 10.9. The van der Waals surface area contributed by atoms with Crippen LogP contribution in [0.3, 0.4) is 0 Å². The molecule has 7 nitrogen and oxygen atoms in total. The Balaban J connectivity index is 1.84. The Kier molecular flexibility index (Phi) is 6.28. The average Bonchev–Trinajstić information content (AvgIpc) is 2.77. The molecule has 1 aromatic heterocycles. The van der Waals surface area contributed by atoms with Crippen LogP contribution in [0.4, 0.5) is 10.1 Å². The molecular formula is C24H28FN3O4S. The maximum atomic E-state index is 13.8. The molecule has 0 aliphatic carbocycles. The third-order valence-electron chi connectivity index (χ3n) is 6.16. The van der Waals surface area contributed by atoms with Crippen molar-refractivity contribution < 1.29 is 17.5 Å². The van der Waals surface area contributed by atoms with Crippen molar-refractivity contribution >= 4 is 26.4 Å². The summed E-state index contributed by atoms with van der Waals surface area (Å²) in [6, 6.07) is 7.03. The van der Waals surface area contributed by atoms with E-state index in [0.717, 1.165) is 42.1 Å². The molecule has 176 valence electrons.